The monoisotopic (exact) mass is 395 g/mol. The SMILES string of the molecule is CCNC(=NCC(O)c1ccncc1)N(C)Cc1ccc(N2CCCCC2)cc1. The van der Waals surface area contributed by atoms with Crippen molar-refractivity contribution in [1.82, 2.24) is 15.2 Å². The van der Waals surface area contributed by atoms with E-state index in [9.17, 15) is 5.11 Å². The van der Waals surface area contributed by atoms with Gasteiger partial charge in [0.25, 0.3) is 0 Å². The molecule has 0 spiro atoms. The summed E-state index contributed by atoms with van der Waals surface area (Å²) < 4.78 is 0. The summed E-state index contributed by atoms with van der Waals surface area (Å²) in [5, 5.41) is 13.7. The highest BCUT2D eigenvalue weighted by Gasteiger charge is 2.12. The molecule has 1 aromatic heterocycles. The van der Waals surface area contributed by atoms with Gasteiger partial charge in [-0.15, -0.1) is 0 Å². The Hall–Kier alpha value is -2.60. The van der Waals surface area contributed by atoms with Gasteiger partial charge in [-0.2, -0.15) is 0 Å². The zero-order valence-corrected chi connectivity index (χ0v) is 17.6. The topological polar surface area (TPSA) is 64.0 Å². The highest BCUT2D eigenvalue weighted by molar-refractivity contribution is 5.79. The molecule has 0 saturated carbocycles. The molecule has 156 valence electrons. The number of pyridine rings is 1. The quantitative estimate of drug-likeness (QED) is 0.557. The number of aliphatic imine (C=N–C) groups is 1. The summed E-state index contributed by atoms with van der Waals surface area (Å²) in [4.78, 5) is 13.2. The van der Waals surface area contributed by atoms with Crippen LogP contribution in [0.5, 0.6) is 0 Å². The number of nitrogens with zero attached hydrogens (tertiary/aromatic N) is 4. The van der Waals surface area contributed by atoms with Crippen LogP contribution in [0.25, 0.3) is 0 Å². The van der Waals surface area contributed by atoms with Crippen molar-refractivity contribution < 1.29 is 5.11 Å². The fourth-order valence-electron chi connectivity index (χ4n) is 3.65. The Morgan fingerprint density at radius 3 is 2.48 bits per heavy atom. The first-order chi connectivity index (χ1) is 14.2. The molecule has 29 heavy (non-hydrogen) atoms. The predicted molar refractivity (Wildman–Crippen MR) is 119 cm³/mol. The van der Waals surface area contributed by atoms with Crippen LogP contribution in [0.1, 0.15) is 43.4 Å². The lowest BCUT2D eigenvalue weighted by Gasteiger charge is -2.29. The van der Waals surface area contributed by atoms with E-state index < -0.39 is 6.10 Å². The largest absolute Gasteiger partial charge is 0.386 e. The van der Waals surface area contributed by atoms with E-state index in [1.54, 1.807) is 12.4 Å². The predicted octanol–water partition coefficient (Wildman–Crippen LogP) is 3.20. The molecule has 1 unspecified atom stereocenters. The molecule has 1 aromatic carbocycles. The lowest BCUT2D eigenvalue weighted by atomic mass is 10.1. The van der Waals surface area contributed by atoms with Crippen molar-refractivity contribution >= 4 is 11.6 Å². The van der Waals surface area contributed by atoms with E-state index in [1.165, 1.54) is 30.5 Å². The second-order valence-corrected chi connectivity index (χ2v) is 7.56. The maximum absolute atomic E-state index is 10.4. The number of anilines is 1. The first kappa shape index (κ1) is 21.1. The van der Waals surface area contributed by atoms with Crippen molar-refractivity contribution in [2.24, 2.45) is 4.99 Å². The Morgan fingerprint density at radius 1 is 1.14 bits per heavy atom. The van der Waals surface area contributed by atoms with Gasteiger partial charge in [0, 0.05) is 51.3 Å². The summed E-state index contributed by atoms with van der Waals surface area (Å²) in [5.41, 5.74) is 3.39. The standard InChI is InChI=1S/C23H33N5O/c1-3-25-23(26-17-22(29)20-11-13-24-14-12-20)27(2)18-19-7-9-21(10-8-19)28-15-5-4-6-16-28/h7-14,22,29H,3-6,15-18H2,1-2H3,(H,25,26). The van der Waals surface area contributed by atoms with Crippen molar-refractivity contribution in [3.8, 4) is 0 Å². The van der Waals surface area contributed by atoms with Gasteiger partial charge in [-0.25, -0.2) is 0 Å². The van der Waals surface area contributed by atoms with E-state index in [-0.39, 0.29) is 0 Å². The van der Waals surface area contributed by atoms with Crippen LogP contribution in [0, 0.1) is 0 Å². The zero-order valence-electron chi connectivity index (χ0n) is 17.6. The molecule has 1 aliphatic rings. The van der Waals surface area contributed by atoms with Crippen LogP contribution in [-0.4, -0.2) is 54.2 Å². The summed E-state index contributed by atoms with van der Waals surface area (Å²) in [6.45, 7) is 6.23. The number of hydrogen-bond donors (Lipinski definition) is 2. The molecule has 1 atom stereocenters. The van der Waals surface area contributed by atoms with Crippen LogP contribution in [0.3, 0.4) is 0 Å². The lowest BCUT2D eigenvalue weighted by molar-refractivity contribution is 0.186. The van der Waals surface area contributed by atoms with Gasteiger partial charge in [0.2, 0.25) is 0 Å². The van der Waals surface area contributed by atoms with Crippen LogP contribution in [-0.2, 0) is 6.54 Å². The molecule has 1 fully saturated rings. The summed E-state index contributed by atoms with van der Waals surface area (Å²) in [6, 6.07) is 12.5. The van der Waals surface area contributed by atoms with Gasteiger partial charge in [-0.3, -0.25) is 9.98 Å². The van der Waals surface area contributed by atoms with Crippen LogP contribution in [0.4, 0.5) is 5.69 Å². The number of guanidine groups is 1. The third-order valence-corrected chi connectivity index (χ3v) is 5.28. The zero-order chi connectivity index (χ0) is 20.5. The average molecular weight is 396 g/mol. The van der Waals surface area contributed by atoms with Crippen molar-refractivity contribution in [3.05, 3.63) is 59.9 Å². The number of piperidine rings is 1. The van der Waals surface area contributed by atoms with Gasteiger partial charge < -0.3 is 20.2 Å². The van der Waals surface area contributed by atoms with Crippen molar-refractivity contribution in [1.29, 1.82) is 0 Å². The number of aliphatic hydroxyl groups excluding tert-OH is 1. The minimum absolute atomic E-state index is 0.310. The molecule has 6 nitrogen and oxygen atoms in total. The summed E-state index contributed by atoms with van der Waals surface area (Å²) in [5.74, 6) is 0.792. The summed E-state index contributed by atoms with van der Waals surface area (Å²) >= 11 is 0. The maximum atomic E-state index is 10.4. The van der Waals surface area contributed by atoms with Crippen LogP contribution in [0.15, 0.2) is 53.8 Å². The first-order valence-corrected chi connectivity index (χ1v) is 10.6. The van der Waals surface area contributed by atoms with Crippen LogP contribution >= 0.6 is 0 Å². The molecule has 6 heteroatoms. The number of aromatic nitrogens is 1. The second-order valence-electron chi connectivity index (χ2n) is 7.56. The highest BCUT2D eigenvalue weighted by atomic mass is 16.3. The molecule has 2 aromatic rings. The number of aliphatic hydroxyl groups is 1. The molecule has 0 radical (unpaired) electrons. The molecule has 0 bridgehead atoms. The smallest absolute Gasteiger partial charge is 0.194 e. The molecule has 2 heterocycles. The second kappa shape index (κ2) is 10.8. The van der Waals surface area contributed by atoms with Gasteiger partial charge in [-0.1, -0.05) is 12.1 Å². The Morgan fingerprint density at radius 2 is 1.83 bits per heavy atom. The molecule has 1 saturated heterocycles. The lowest BCUT2D eigenvalue weighted by Crippen LogP contribution is -2.38. The number of rotatable bonds is 7. The van der Waals surface area contributed by atoms with Gasteiger partial charge in [-0.05, 0) is 61.6 Å². The molecule has 2 N–H and O–H groups in total. The van der Waals surface area contributed by atoms with E-state index in [1.807, 2.05) is 19.2 Å². The van der Waals surface area contributed by atoms with E-state index in [0.717, 1.165) is 37.7 Å². The van der Waals surface area contributed by atoms with Gasteiger partial charge >= 0.3 is 0 Å². The average Bonchev–Trinajstić information content (AvgIpc) is 2.78. The molecular weight excluding hydrogens is 362 g/mol. The summed E-state index contributed by atoms with van der Waals surface area (Å²) in [6.07, 6.45) is 6.67. The Labute approximate surface area is 174 Å². The maximum Gasteiger partial charge on any atom is 0.194 e. The fraction of sp³-hybridized carbons (Fsp3) is 0.478. The fourth-order valence-corrected chi connectivity index (χ4v) is 3.65. The van der Waals surface area contributed by atoms with E-state index in [0.29, 0.717) is 6.54 Å². The minimum Gasteiger partial charge on any atom is -0.386 e. The number of nitrogens with one attached hydrogen (secondary N) is 1. The van der Waals surface area contributed by atoms with Gasteiger partial charge in [0.05, 0.1) is 12.6 Å². The Bertz CT molecular complexity index is 757. The van der Waals surface area contributed by atoms with Crippen molar-refractivity contribution in [2.75, 3.05) is 38.1 Å². The summed E-state index contributed by atoms with van der Waals surface area (Å²) in [7, 11) is 2.03. The normalized spacial score (nSPS) is 15.8. The third-order valence-electron chi connectivity index (χ3n) is 5.28. The Balaban J connectivity index is 1.60. The Kier molecular flexibility index (Phi) is 7.87. The molecule has 3 rings (SSSR count). The molecular formula is C23H33N5O. The number of hydrogen-bond acceptors (Lipinski definition) is 4. The third kappa shape index (κ3) is 6.19. The highest BCUT2D eigenvalue weighted by Crippen LogP contribution is 2.20. The van der Waals surface area contributed by atoms with Crippen LogP contribution < -0.4 is 10.2 Å². The van der Waals surface area contributed by atoms with Crippen LogP contribution in [0.2, 0.25) is 0 Å². The van der Waals surface area contributed by atoms with Crippen molar-refractivity contribution in [2.45, 2.75) is 38.8 Å². The van der Waals surface area contributed by atoms with Crippen molar-refractivity contribution in [3.63, 3.8) is 0 Å². The molecule has 0 aliphatic carbocycles. The van der Waals surface area contributed by atoms with Gasteiger partial charge in [0.1, 0.15) is 0 Å². The number of benzene rings is 1. The van der Waals surface area contributed by atoms with Gasteiger partial charge in [0.15, 0.2) is 5.96 Å². The minimum atomic E-state index is -0.635. The van der Waals surface area contributed by atoms with E-state index in [2.05, 4.69) is 56.3 Å². The van der Waals surface area contributed by atoms with E-state index in [4.69, 9.17) is 0 Å². The first-order valence-electron chi connectivity index (χ1n) is 10.6. The molecule has 0 amide bonds. The molecule has 1 aliphatic heterocycles. The van der Waals surface area contributed by atoms with E-state index >= 15 is 0 Å².